The van der Waals surface area contributed by atoms with Gasteiger partial charge in [0.15, 0.2) is 0 Å². The van der Waals surface area contributed by atoms with Crippen LogP contribution in [0, 0.1) is 0 Å². The third-order valence-corrected chi connectivity index (χ3v) is 9.88. The molecule has 1 unspecified atom stereocenters. The van der Waals surface area contributed by atoms with Gasteiger partial charge < -0.3 is 15.0 Å². The number of hydrogen-bond acceptors (Lipinski definition) is 5. The van der Waals surface area contributed by atoms with Crippen LogP contribution in [0.25, 0.3) is 0 Å². The van der Waals surface area contributed by atoms with Gasteiger partial charge in [0.1, 0.15) is 18.3 Å². The Morgan fingerprint density at radius 2 is 1.60 bits per heavy atom. The van der Waals surface area contributed by atoms with Crippen LogP contribution in [0.15, 0.2) is 77.7 Å². The Kier molecular flexibility index (Phi) is 11.3. The number of sulfonamides is 1. The van der Waals surface area contributed by atoms with Crippen LogP contribution in [0.3, 0.4) is 0 Å². The van der Waals surface area contributed by atoms with Gasteiger partial charge in [-0.3, -0.25) is 13.9 Å². The molecule has 0 aliphatic heterocycles. The fourth-order valence-corrected chi connectivity index (χ4v) is 7.07. The van der Waals surface area contributed by atoms with Crippen LogP contribution in [0.1, 0.15) is 51.0 Å². The van der Waals surface area contributed by atoms with E-state index >= 15 is 0 Å². The smallest absolute Gasteiger partial charge is 0.264 e. The summed E-state index contributed by atoms with van der Waals surface area (Å²) in [4.78, 5) is 29.4. The first-order valence-electron chi connectivity index (χ1n) is 14.4. The molecule has 43 heavy (non-hydrogen) atoms. The lowest BCUT2D eigenvalue weighted by Crippen LogP contribution is -2.54. The molecule has 1 N–H and O–H groups in total. The molecule has 11 heteroatoms. The maximum absolute atomic E-state index is 14.3. The molecule has 1 aliphatic rings. The average molecular weight is 647 g/mol. The number of hydrogen-bond donors (Lipinski definition) is 1. The summed E-state index contributed by atoms with van der Waals surface area (Å²) in [6.07, 6.45) is 5.36. The topological polar surface area (TPSA) is 96.0 Å². The summed E-state index contributed by atoms with van der Waals surface area (Å²) in [5.41, 5.74) is 0.859. The van der Waals surface area contributed by atoms with Crippen LogP contribution in [-0.4, -0.2) is 50.9 Å². The fourth-order valence-electron chi connectivity index (χ4n) is 5.34. The highest BCUT2D eigenvalue weighted by Crippen LogP contribution is 2.35. The normalized spacial score (nSPS) is 14.5. The van der Waals surface area contributed by atoms with E-state index in [1.54, 1.807) is 54.6 Å². The molecule has 0 bridgehead atoms. The van der Waals surface area contributed by atoms with Gasteiger partial charge in [-0.25, -0.2) is 8.42 Å². The second-order valence-corrected chi connectivity index (χ2v) is 13.3. The number of halogens is 2. The Labute approximate surface area is 264 Å². The molecule has 0 aromatic heterocycles. The number of rotatable bonds is 12. The summed E-state index contributed by atoms with van der Waals surface area (Å²) in [5, 5.41) is 3.95. The molecule has 1 aliphatic carbocycles. The number of benzene rings is 3. The highest BCUT2D eigenvalue weighted by atomic mass is 35.5. The number of ether oxygens (including phenoxy) is 1. The van der Waals surface area contributed by atoms with Gasteiger partial charge in [-0.05, 0) is 67.3 Å². The van der Waals surface area contributed by atoms with Gasteiger partial charge in [-0.1, -0.05) is 79.7 Å². The molecule has 1 saturated carbocycles. The van der Waals surface area contributed by atoms with Crippen molar-refractivity contribution < 1.29 is 22.7 Å². The molecule has 230 valence electrons. The second kappa shape index (κ2) is 14.9. The van der Waals surface area contributed by atoms with Crippen LogP contribution < -0.4 is 14.4 Å². The Morgan fingerprint density at radius 1 is 0.953 bits per heavy atom. The lowest BCUT2D eigenvalue weighted by molar-refractivity contribution is -0.140. The number of nitrogens with one attached hydrogen (secondary N) is 1. The predicted octanol–water partition coefficient (Wildman–Crippen LogP) is 6.45. The number of methoxy groups -OCH3 is 1. The van der Waals surface area contributed by atoms with Crippen LogP contribution in [-0.2, 0) is 26.2 Å². The zero-order chi connectivity index (χ0) is 31.0. The highest BCUT2D eigenvalue weighted by molar-refractivity contribution is 7.92. The summed E-state index contributed by atoms with van der Waals surface area (Å²) >= 11 is 12.4. The van der Waals surface area contributed by atoms with E-state index in [1.807, 2.05) is 6.92 Å². The van der Waals surface area contributed by atoms with E-state index in [0.29, 0.717) is 11.4 Å². The second-order valence-electron chi connectivity index (χ2n) is 10.6. The van der Waals surface area contributed by atoms with Crippen molar-refractivity contribution in [3.63, 3.8) is 0 Å². The predicted molar refractivity (Wildman–Crippen MR) is 170 cm³/mol. The van der Waals surface area contributed by atoms with E-state index < -0.39 is 28.5 Å². The summed E-state index contributed by atoms with van der Waals surface area (Å²) < 4.78 is 34.6. The van der Waals surface area contributed by atoms with E-state index in [0.717, 1.165) is 42.0 Å². The molecule has 0 radical (unpaired) electrons. The van der Waals surface area contributed by atoms with E-state index in [4.69, 9.17) is 27.9 Å². The van der Waals surface area contributed by atoms with Gasteiger partial charge in [0.05, 0.1) is 17.7 Å². The highest BCUT2D eigenvalue weighted by Gasteiger charge is 2.35. The SMILES string of the molecule is CCC(C(=O)NC1CCCCC1)N(Cc1ccc(Cl)cc1)C(=O)CN(c1cc(Cl)ccc1OC)S(=O)(=O)c1ccccc1. The monoisotopic (exact) mass is 645 g/mol. The molecule has 1 atom stereocenters. The van der Waals surface area contributed by atoms with Crippen molar-refractivity contribution in [2.75, 3.05) is 18.0 Å². The molecule has 8 nitrogen and oxygen atoms in total. The summed E-state index contributed by atoms with van der Waals surface area (Å²) in [7, 11) is -2.84. The zero-order valence-electron chi connectivity index (χ0n) is 24.3. The molecule has 3 aromatic carbocycles. The number of nitrogens with zero attached hydrogens (tertiary/aromatic N) is 2. The maximum Gasteiger partial charge on any atom is 0.264 e. The van der Waals surface area contributed by atoms with Gasteiger partial charge in [-0.2, -0.15) is 0 Å². The van der Waals surface area contributed by atoms with Gasteiger partial charge in [-0.15, -0.1) is 0 Å². The number of amides is 2. The lowest BCUT2D eigenvalue weighted by Gasteiger charge is -2.34. The largest absolute Gasteiger partial charge is 0.495 e. The van der Waals surface area contributed by atoms with E-state index in [9.17, 15) is 18.0 Å². The van der Waals surface area contributed by atoms with Crippen molar-refractivity contribution in [3.05, 3.63) is 88.4 Å². The van der Waals surface area contributed by atoms with Crippen molar-refractivity contribution in [1.82, 2.24) is 10.2 Å². The summed E-state index contributed by atoms with van der Waals surface area (Å²) in [6, 6.07) is 18.6. The van der Waals surface area contributed by atoms with Crippen molar-refractivity contribution in [2.45, 2.75) is 69.0 Å². The van der Waals surface area contributed by atoms with Crippen LogP contribution in [0.4, 0.5) is 5.69 Å². The third kappa shape index (κ3) is 8.22. The quantitative estimate of drug-likeness (QED) is 0.244. The maximum atomic E-state index is 14.3. The molecular formula is C32H37Cl2N3O5S. The zero-order valence-corrected chi connectivity index (χ0v) is 26.7. The summed E-state index contributed by atoms with van der Waals surface area (Å²) in [6.45, 7) is 1.33. The average Bonchev–Trinajstić information content (AvgIpc) is 3.01. The Bertz CT molecular complexity index is 1500. The first-order valence-corrected chi connectivity index (χ1v) is 16.6. The third-order valence-electron chi connectivity index (χ3n) is 7.62. The molecular weight excluding hydrogens is 609 g/mol. The van der Waals surface area contributed by atoms with Crippen molar-refractivity contribution in [1.29, 1.82) is 0 Å². The Hall–Kier alpha value is -3.27. The van der Waals surface area contributed by atoms with Crippen molar-refractivity contribution in [3.8, 4) is 5.75 Å². The van der Waals surface area contributed by atoms with Gasteiger partial charge in [0, 0.05) is 22.6 Å². The van der Waals surface area contributed by atoms with E-state index in [1.165, 1.54) is 30.2 Å². The molecule has 1 fully saturated rings. The van der Waals surface area contributed by atoms with E-state index in [-0.39, 0.29) is 39.8 Å². The summed E-state index contributed by atoms with van der Waals surface area (Å²) in [5.74, 6) is -0.584. The molecule has 3 aromatic rings. The van der Waals surface area contributed by atoms with Crippen molar-refractivity contribution >= 4 is 50.7 Å². The van der Waals surface area contributed by atoms with E-state index in [2.05, 4.69) is 5.32 Å². The first-order chi connectivity index (χ1) is 20.6. The van der Waals surface area contributed by atoms with Crippen LogP contribution in [0.5, 0.6) is 5.75 Å². The Balaban J connectivity index is 1.74. The Morgan fingerprint density at radius 3 is 2.23 bits per heavy atom. The van der Waals surface area contributed by atoms with Crippen molar-refractivity contribution in [2.24, 2.45) is 0 Å². The molecule has 0 heterocycles. The van der Waals surface area contributed by atoms with Gasteiger partial charge in [0.25, 0.3) is 10.0 Å². The van der Waals surface area contributed by atoms with Gasteiger partial charge in [0.2, 0.25) is 11.8 Å². The van der Waals surface area contributed by atoms with Gasteiger partial charge >= 0.3 is 0 Å². The van der Waals surface area contributed by atoms with Crippen LogP contribution in [0.2, 0.25) is 10.0 Å². The first kappa shape index (κ1) is 32.6. The minimum absolute atomic E-state index is 0.00355. The molecule has 2 amide bonds. The lowest BCUT2D eigenvalue weighted by atomic mass is 9.95. The number of carbonyl (C=O) groups excluding carboxylic acids is 2. The molecule has 4 rings (SSSR count). The molecule has 0 spiro atoms. The molecule has 0 saturated heterocycles. The fraction of sp³-hybridized carbons (Fsp3) is 0.375. The standard InChI is InChI=1S/C32H37Cl2N3O5S/c1-3-28(32(39)35-26-10-6-4-7-11-26)36(21-23-14-16-24(33)17-15-23)31(38)22-37(29-20-25(34)18-19-30(29)42-2)43(40,41)27-12-8-5-9-13-27/h5,8-9,12-20,26,28H,3-4,6-7,10-11,21-22H2,1-2H3,(H,35,39). The van der Waals surface area contributed by atoms with Crippen LogP contribution >= 0.6 is 23.2 Å². The minimum atomic E-state index is -4.26. The minimum Gasteiger partial charge on any atom is -0.495 e. The number of carbonyl (C=O) groups is 2. The number of anilines is 1.